The van der Waals surface area contributed by atoms with Crippen molar-refractivity contribution in [1.82, 2.24) is 9.55 Å². The van der Waals surface area contributed by atoms with Gasteiger partial charge in [0.05, 0.1) is 38.3 Å². The molecule has 7 nitrogen and oxygen atoms in total. The van der Waals surface area contributed by atoms with Gasteiger partial charge in [0.2, 0.25) is 0 Å². The van der Waals surface area contributed by atoms with E-state index in [9.17, 15) is 4.79 Å². The minimum atomic E-state index is -0.309. The molecular formula is C34H31N3O4. The van der Waals surface area contributed by atoms with Gasteiger partial charge < -0.3 is 24.5 Å². The van der Waals surface area contributed by atoms with Gasteiger partial charge in [0.1, 0.15) is 5.82 Å². The lowest BCUT2D eigenvalue weighted by molar-refractivity contribution is -0.139. The second-order valence-electron chi connectivity index (χ2n) is 10.2. The van der Waals surface area contributed by atoms with Crippen molar-refractivity contribution in [3.63, 3.8) is 0 Å². The van der Waals surface area contributed by atoms with E-state index >= 15 is 0 Å². The number of nitrogens with zero attached hydrogens (tertiary/aromatic N) is 2. The zero-order chi connectivity index (χ0) is 28.3. The average Bonchev–Trinajstić information content (AvgIpc) is 3.65. The number of carbonyl (C=O) groups is 1. The van der Waals surface area contributed by atoms with Gasteiger partial charge in [0, 0.05) is 48.0 Å². The molecule has 0 amide bonds. The molecule has 1 unspecified atom stereocenters. The molecule has 3 aromatic carbocycles. The highest BCUT2D eigenvalue weighted by Crippen LogP contribution is 2.35. The van der Waals surface area contributed by atoms with Gasteiger partial charge in [-0.2, -0.15) is 0 Å². The van der Waals surface area contributed by atoms with E-state index in [1.807, 2.05) is 36.4 Å². The highest BCUT2D eigenvalue weighted by atomic mass is 16.5. The zero-order valence-corrected chi connectivity index (χ0v) is 23.1. The van der Waals surface area contributed by atoms with Crippen LogP contribution in [0.4, 0.5) is 5.82 Å². The number of nitrogen functional groups attached to an aromatic ring is 1. The summed E-state index contributed by atoms with van der Waals surface area (Å²) >= 11 is 0. The summed E-state index contributed by atoms with van der Waals surface area (Å²) in [7, 11) is 3.05. The summed E-state index contributed by atoms with van der Waals surface area (Å²) in [4.78, 5) is 16.4. The first-order valence-corrected chi connectivity index (χ1v) is 13.6. The number of benzene rings is 3. The second-order valence-corrected chi connectivity index (χ2v) is 10.2. The highest BCUT2D eigenvalue weighted by Gasteiger charge is 2.21. The van der Waals surface area contributed by atoms with E-state index < -0.39 is 0 Å². The van der Waals surface area contributed by atoms with Gasteiger partial charge in [-0.15, -0.1) is 0 Å². The van der Waals surface area contributed by atoms with Gasteiger partial charge in [-0.1, -0.05) is 48.2 Å². The number of carbonyl (C=O) groups excluding carboxylic acids is 1. The van der Waals surface area contributed by atoms with E-state index in [-0.39, 0.29) is 18.4 Å². The predicted molar refractivity (Wildman–Crippen MR) is 160 cm³/mol. The number of hydrogen-bond donors (Lipinski definition) is 1. The van der Waals surface area contributed by atoms with Crippen molar-refractivity contribution < 1.29 is 19.0 Å². The number of nitrogens with two attached hydrogens (primary N) is 1. The molecule has 5 aromatic rings. The first-order chi connectivity index (χ1) is 20.1. The molecule has 1 saturated heterocycles. The number of pyridine rings is 1. The van der Waals surface area contributed by atoms with Crippen LogP contribution in [0.5, 0.6) is 0 Å². The van der Waals surface area contributed by atoms with Crippen LogP contribution in [0.25, 0.3) is 32.8 Å². The number of ether oxygens (including phenoxy) is 3. The van der Waals surface area contributed by atoms with Crippen LogP contribution < -0.4 is 5.73 Å². The van der Waals surface area contributed by atoms with Gasteiger partial charge in [-0.25, -0.2) is 4.98 Å². The Kier molecular flexibility index (Phi) is 7.43. The molecule has 41 heavy (non-hydrogen) atoms. The minimum absolute atomic E-state index is 0.141. The van der Waals surface area contributed by atoms with Crippen LogP contribution in [0.15, 0.2) is 73.1 Å². The Labute approximate surface area is 238 Å². The number of methoxy groups -OCH3 is 2. The first kappa shape index (κ1) is 26.6. The minimum Gasteiger partial charge on any atom is -0.469 e. The molecule has 2 aromatic heterocycles. The van der Waals surface area contributed by atoms with Gasteiger partial charge in [0.25, 0.3) is 0 Å². The largest absolute Gasteiger partial charge is 0.469 e. The molecule has 6 rings (SSSR count). The number of aromatic nitrogens is 2. The van der Waals surface area contributed by atoms with E-state index in [4.69, 9.17) is 19.9 Å². The van der Waals surface area contributed by atoms with Crippen LogP contribution in [0.2, 0.25) is 0 Å². The molecule has 0 bridgehead atoms. The zero-order valence-electron chi connectivity index (χ0n) is 23.1. The van der Waals surface area contributed by atoms with Gasteiger partial charge in [-0.3, -0.25) is 4.79 Å². The fourth-order valence-electron chi connectivity index (χ4n) is 5.58. The third kappa shape index (κ3) is 5.28. The summed E-state index contributed by atoms with van der Waals surface area (Å²) in [5.41, 5.74) is 13.0. The molecule has 1 aliphatic heterocycles. The van der Waals surface area contributed by atoms with E-state index in [1.165, 1.54) is 7.11 Å². The fourth-order valence-corrected chi connectivity index (χ4v) is 5.58. The molecular weight excluding hydrogens is 514 g/mol. The van der Waals surface area contributed by atoms with Crippen molar-refractivity contribution in [3.8, 4) is 23.0 Å². The Morgan fingerprint density at radius 1 is 1.05 bits per heavy atom. The number of esters is 1. The van der Waals surface area contributed by atoms with Crippen molar-refractivity contribution in [2.75, 3.05) is 33.2 Å². The van der Waals surface area contributed by atoms with Crippen molar-refractivity contribution >= 4 is 33.5 Å². The number of fused-ring (bicyclic) bond motifs is 2. The van der Waals surface area contributed by atoms with Crippen molar-refractivity contribution in [1.29, 1.82) is 0 Å². The smallest absolute Gasteiger partial charge is 0.310 e. The lowest BCUT2D eigenvalue weighted by Crippen LogP contribution is -2.07. The van der Waals surface area contributed by atoms with Crippen molar-refractivity contribution in [3.05, 3.63) is 95.3 Å². The molecule has 2 N–H and O–H groups in total. The number of anilines is 1. The molecule has 3 heterocycles. The Morgan fingerprint density at radius 2 is 1.93 bits per heavy atom. The summed E-state index contributed by atoms with van der Waals surface area (Å²) in [6.07, 6.45) is 4.97. The summed E-state index contributed by atoms with van der Waals surface area (Å²) in [6, 6.07) is 20.8. The third-order valence-electron chi connectivity index (χ3n) is 7.65. The summed E-state index contributed by atoms with van der Waals surface area (Å²) in [5.74, 6) is 6.99. The molecule has 0 saturated carbocycles. The summed E-state index contributed by atoms with van der Waals surface area (Å²) in [6.45, 7) is 1.88. The van der Waals surface area contributed by atoms with Gasteiger partial charge >= 0.3 is 5.97 Å². The van der Waals surface area contributed by atoms with Crippen LogP contribution in [0, 0.1) is 11.8 Å². The van der Waals surface area contributed by atoms with Gasteiger partial charge in [0.15, 0.2) is 0 Å². The van der Waals surface area contributed by atoms with Crippen molar-refractivity contribution in [2.45, 2.75) is 25.5 Å². The van der Waals surface area contributed by atoms with E-state index in [2.05, 4.69) is 51.9 Å². The van der Waals surface area contributed by atoms with Crippen molar-refractivity contribution in [2.24, 2.45) is 0 Å². The molecule has 0 spiro atoms. The Morgan fingerprint density at radius 3 is 2.73 bits per heavy atom. The SMILES string of the molecule is COCc1ccc(C#Cc2cn(C3CCOC3)c3ccc(-c4cccc5c(N)nccc45)cc23)c(CC(=O)OC)c1. The summed E-state index contributed by atoms with van der Waals surface area (Å²) in [5, 5.41) is 3.05. The monoisotopic (exact) mass is 545 g/mol. The molecule has 1 atom stereocenters. The quantitative estimate of drug-likeness (QED) is 0.219. The maximum Gasteiger partial charge on any atom is 0.310 e. The molecule has 0 radical (unpaired) electrons. The second kappa shape index (κ2) is 11.5. The highest BCUT2D eigenvalue weighted by molar-refractivity contribution is 6.03. The molecule has 206 valence electrons. The van der Waals surface area contributed by atoms with Crippen LogP contribution >= 0.6 is 0 Å². The topological polar surface area (TPSA) is 88.6 Å². The molecule has 1 aliphatic rings. The van der Waals surface area contributed by atoms with E-state index in [0.29, 0.717) is 19.0 Å². The first-order valence-electron chi connectivity index (χ1n) is 13.6. The van der Waals surface area contributed by atoms with E-state index in [0.717, 1.165) is 68.1 Å². The lowest BCUT2D eigenvalue weighted by atomic mass is 9.97. The average molecular weight is 546 g/mol. The van der Waals surface area contributed by atoms with Crippen LogP contribution in [-0.2, 0) is 32.0 Å². The van der Waals surface area contributed by atoms with Gasteiger partial charge in [-0.05, 0) is 58.3 Å². The maximum atomic E-state index is 12.2. The Bertz CT molecular complexity index is 1820. The fraction of sp³-hybridized carbons (Fsp3) is 0.235. The third-order valence-corrected chi connectivity index (χ3v) is 7.65. The molecule has 0 aliphatic carbocycles. The summed E-state index contributed by atoms with van der Waals surface area (Å²) < 4.78 is 18.2. The standard InChI is InChI=1S/C34H31N3O4/c1-39-20-22-6-7-23(26(16-22)18-33(38)40-2)8-9-25-19-37(27-13-15-41-21-27)32-11-10-24(17-31(25)32)28-4-3-5-30-29(28)12-14-36-34(30)35/h3-7,10-12,14,16-17,19,27H,13,15,18,20-21H2,1-2H3,(H2,35,36). The number of rotatable bonds is 6. The Hall–Kier alpha value is -4.64. The maximum absolute atomic E-state index is 12.2. The van der Waals surface area contributed by atoms with E-state index in [1.54, 1.807) is 13.3 Å². The van der Waals surface area contributed by atoms with Crippen LogP contribution in [-0.4, -0.2) is 43.0 Å². The van der Waals surface area contributed by atoms with Crippen LogP contribution in [0.3, 0.4) is 0 Å². The molecule has 7 heteroatoms. The predicted octanol–water partition coefficient (Wildman–Crippen LogP) is 5.66. The number of hydrogen-bond acceptors (Lipinski definition) is 6. The molecule has 1 fully saturated rings. The Balaban J connectivity index is 1.49. The normalized spacial score (nSPS) is 14.7. The van der Waals surface area contributed by atoms with Crippen LogP contribution in [0.1, 0.15) is 34.7 Å². The lowest BCUT2D eigenvalue weighted by Gasteiger charge is -2.12.